The largest absolute Gasteiger partial charge is 0.508 e. The topological polar surface area (TPSA) is 39.3 Å². The lowest BCUT2D eigenvalue weighted by molar-refractivity contribution is 0.204. The summed E-state index contributed by atoms with van der Waals surface area (Å²) in [5, 5.41) is 11.1. The molecule has 0 aliphatic carbocycles. The highest BCUT2D eigenvalue weighted by Gasteiger charge is 2.21. The first-order chi connectivity index (χ1) is 12.8. The molecule has 2 aromatic carbocycles. The quantitative estimate of drug-likeness (QED) is 0.610. The van der Waals surface area contributed by atoms with Gasteiger partial charge in [-0.3, -0.25) is 0 Å². The van der Waals surface area contributed by atoms with Gasteiger partial charge in [0.05, 0.1) is 0 Å². The summed E-state index contributed by atoms with van der Waals surface area (Å²) < 4.78 is 0. The summed E-state index contributed by atoms with van der Waals surface area (Å²) in [7, 11) is 0. The first-order valence-electron chi connectivity index (χ1n) is 9.86. The average Bonchev–Trinajstić information content (AvgIpc) is 3.09. The fraction of sp³-hybridized carbons (Fsp3) is 0.391. The summed E-state index contributed by atoms with van der Waals surface area (Å²) in [5.74, 6) is 0.947. The van der Waals surface area contributed by atoms with Crippen molar-refractivity contribution in [3.63, 3.8) is 0 Å². The van der Waals surface area contributed by atoms with Crippen LogP contribution in [0.25, 0.3) is 10.9 Å². The minimum absolute atomic E-state index is 0.387. The summed E-state index contributed by atoms with van der Waals surface area (Å²) >= 11 is 0. The Balaban J connectivity index is 1.27. The first kappa shape index (κ1) is 17.2. The van der Waals surface area contributed by atoms with Crippen LogP contribution in [0.5, 0.6) is 5.75 Å². The Morgan fingerprint density at radius 2 is 2.00 bits per heavy atom. The lowest BCUT2D eigenvalue weighted by Gasteiger charge is -2.33. The average molecular weight is 348 g/mol. The monoisotopic (exact) mass is 348 g/mol. The molecular weight excluding hydrogens is 320 g/mol. The molecule has 136 valence electrons. The molecule has 1 unspecified atom stereocenters. The van der Waals surface area contributed by atoms with Gasteiger partial charge in [0.1, 0.15) is 5.75 Å². The van der Waals surface area contributed by atoms with Gasteiger partial charge in [-0.15, -0.1) is 0 Å². The van der Waals surface area contributed by atoms with E-state index in [0.29, 0.717) is 11.7 Å². The maximum atomic E-state index is 9.73. The molecule has 2 heterocycles. The molecule has 4 rings (SSSR count). The zero-order valence-electron chi connectivity index (χ0n) is 15.3. The van der Waals surface area contributed by atoms with Gasteiger partial charge in [-0.05, 0) is 80.4 Å². The fourth-order valence-corrected chi connectivity index (χ4v) is 4.30. The molecule has 3 heteroatoms. The van der Waals surface area contributed by atoms with Gasteiger partial charge < -0.3 is 15.0 Å². The summed E-state index contributed by atoms with van der Waals surface area (Å²) in [6, 6.07) is 16.4. The summed E-state index contributed by atoms with van der Waals surface area (Å²) in [6.07, 6.45) is 8.27. The highest BCUT2D eigenvalue weighted by molar-refractivity contribution is 5.82. The number of hydrogen-bond acceptors (Lipinski definition) is 2. The number of nitrogens with zero attached hydrogens (tertiary/aromatic N) is 1. The number of fused-ring (bicyclic) bond motifs is 1. The first-order valence-corrected chi connectivity index (χ1v) is 9.86. The number of aryl methyl sites for hydroxylation is 1. The Bertz CT molecular complexity index is 854. The molecule has 3 aromatic rings. The third-order valence-electron chi connectivity index (χ3n) is 5.69. The number of benzene rings is 2. The van der Waals surface area contributed by atoms with Crippen molar-refractivity contribution in [3.8, 4) is 5.75 Å². The van der Waals surface area contributed by atoms with Gasteiger partial charge >= 0.3 is 0 Å². The molecule has 0 amide bonds. The second-order valence-corrected chi connectivity index (χ2v) is 7.55. The third kappa shape index (κ3) is 3.94. The van der Waals surface area contributed by atoms with E-state index in [4.69, 9.17) is 0 Å². The molecule has 0 radical (unpaired) electrons. The van der Waals surface area contributed by atoms with E-state index in [1.807, 2.05) is 12.1 Å². The molecule has 1 atom stereocenters. The van der Waals surface area contributed by atoms with Crippen LogP contribution in [0, 0.1) is 0 Å². The molecule has 1 aliphatic rings. The Hall–Kier alpha value is -2.26. The van der Waals surface area contributed by atoms with Gasteiger partial charge in [0.25, 0.3) is 0 Å². The zero-order valence-corrected chi connectivity index (χ0v) is 15.3. The van der Waals surface area contributed by atoms with Crippen LogP contribution in [0.2, 0.25) is 0 Å². The van der Waals surface area contributed by atoms with E-state index in [2.05, 4.69) is 46.4 Å². The Morgan fingerprint density at radius 3 is 2.92 bits per heavy atom. The van der Waals surface area contributed by atoms with Crippen LogP contribution in [0.4, 0.5) is 0 Å². The second kappa shape index (κ2) is 7.96. The zero-order chi connectivity index (χ0) is 17.8. The van der Waals surface area contributed by atoms with E-state index < -0.39 is 0 Å². The van der Waals surface area contributed by atoms with Crippen LogP contribution in [0.1, 0.15) is 42.7 Å². The van der Waals surface area contributed by atoms with Gasteiger partial charge in [0.15, 0.2) is 0 Å². The third-order valence-corrected chi connectivity index (χ3v) is 5.69. The van der Waals surface area contributed by atoms with E-state index in [0.717, 1.165) is 13.0 Å². The SMILES string of the molecule is Oc1cccc(C2CCCN(CCCCc3c[nH]c4ccccc34)C2)c1. The number of hydrogen-bond donors (Lipinski definition) is 2. The normalized spacial score (nSPS) is 18.4. The van der Waals surface area contributed by atoms with Gasteiger partial charge in [-0.25, -0.2) is 0 Å². The van der Waals surface area contributed by atoms with Crippen molar-refractivity contribution < 1.29 is 5.11 Å². The Kier molecular flexibility index (Phi) is 5.26. The van der Waals surface area contributed by atoms with E-state index in [1.165, 1.54) is 60.8 Å². The smallest absolute Gasteiger partial charge is 0.115 e. The number of rotatable bonds is 6. The van der Waals surface area contributed by atoms with Crippen molar-refractivity contribution in [2.45, 2.75) is 38.0 Å². The maximum absolute atomic E-state index is 9.73. The molecular formula is C23H28N2O. The molecule has 1 saturated heterocycles. The lowest BCUT2D eigenvalue weighted by atomic mass is 9.90. The minimum atomic E-state index is 0.387. The molecule has 0 spiro atoms. The van der Waals surface area contributed by atoms with Crippen LogP contribution in [0.15, 0.2) is 54.7 Å². The van der Waals surface area contributed by atoms with Crippen LogP contribution in [0.3, 0.4) is 0 Å². The minimum Gasteiger partial charge on any atom is -0.508 e. The highest BCUT2D eigenvalue weighted by atomic mass is 16.3. The number of H-pyrrole nitrogens is 1. The van der Waals surface area contributed by atoms with Crippen LogP contribution < -0.4 is 0 Å². The van der Waals surface area contributed by atoms with Crippen LogP contribution in [-0.4, -0.2) is 34.6 Å². The van der Waals surface area contributed by atoms with Crippen molar-refractivity contribution in [2.24, 2.45) is 0 Å². The molecule has 3 nitrogen and oxygen atoms in total. The molecule has 1 fully saturated rings. The van der Waals surface area contributed by atoms with Gasteiger partial charge in [-0.2, -0.15) is 0 Å². The van der Waals surface area contributed by atoms with Crippen molar-refractivity contribution >= 4 is 10.9 Å². The standard InChI is InChI=1S/C23H28N2O/c26-21-10-5-8-18(15-21)20-9-6-14-25(17-20)13-4-3-7-19-16-24-23-12-2-1-11-22(19)23/h1-2,5,8,10-12,15-16,20,24,26H,3-4,6-7,9,13-14,17H2. The van der Waals surface area contributed by atoms with Crippen molar-refractivity contribution in [1.82, 2.24) is 9.88 Å². The predicted molar refractivity (Wildman–Crippen MR) is 108 cm³/mol. The number of aromatic nitrogens is 1. The van der Waals surface area contributed by atoms with Gasteiger partial charge in [0.2, 0.25) is 0 Å². The van der Waals surface area contributed by atoms with Crippen LogP contribution >= 0.6 is 0 Å². The Labute approximate surface area is 155 Å². The number of aromatic hydroxyl groups is 1. The number of phenols is 1. The van der Waals surface area contributed by atoms with Crippen molar-refractivity contribution in [2.75, 3.05) is 19.6 Å². The van der Waals surface area contributed by atoms with Crippen molar-refractivity contribution in [1.29, 1.82) is 0 Å². The molecule has 1 aliphatic heterocycles. The number of phenolic OH excluding ortho intramolecular Hbond substituents is 1. The lowest BCUT2D eigenvalue weighted by Crippen LogP contribution is -2.35. The summed E-state index contributed by atoms with van der Waals surface area (Å²) in [6.45, 7) is 3.51. The number of para-hydroxylation sites is 1. The number of aromatic amines is 1. The number of likely N-dealkylation sites (tertiary alicyclic amines) is 1. The molecule has 2 N–H and O–H groups in total. The van der Waals surface area contributed by atoms with E-state index in [9.17, 15) is 5.11 Å². The molecule has 1 aromatic heterocycles. The number of piperidine rings is 1. The number of nitrogens with one attached hydrogen (secondary N) is 1. The van der Waals surface area contributed by atoms with Gasteiger partial charge in [0, 0.05) is 23.6 Å². The van der Waals surface area contributed by atoms with Gasteiger partial charge in [-0.1, -0.05) is 30.3 Å². The van der Waals surface area contributed by atoms with Crippen molar-refractivity contribution in [3.05, 3.63) is 65.9 Å². The van der Waals surface area contributed by atoms with E-state index in [1.54, 1.807) is 6.07 Å². The summed E-state index contributed by atoms with van der Waals surface area (Å²) in [4.78, 5) is 5.98. The Morgan fingerprint density at radius 1 is 1.08 bits per heavy atom. The fourth-order valence-electron chi connectivity index (χ4n) is 4.30. The van der Waals surface area contributed by atoms with Crippen LogP contribution in [-0.2, 0) is 6.42 Å². The second-order valence-electron chi connectivity index (χ2n) is 7.55. The highest BCUT2D eigenvalue weighted by Crippen LogP contribution is 2.29. The molecule has 0 bridgehead atoms. The number of unbranched alkanes of at least 4 members (excludes halogenated alkanes) is 1. The maximum Gasteiger partial charge on any atom is 0.115 e. The predicted octanol–water partition coefficient (Wildman–Crippen LogP) is 5.08. The molecule has 0 saturated carbocycles. The summed E-state index contributed by atoms with van der Waals surface area (Å²) in [5.41, 5.74) is 3.97. The molecule has 26 heavy (non-hydrogen) atoms. The van der Waals surface area contributed by atoms with E-state index in [-0.39, 0.29) is 0 Å². The van der Waals surface area contributed by atoms with E-state index >= 15 is 0 Å².